The molecule has 1 unspecified atom stereocenters. The van der Waals surface area contributed by atoms with Gasteiger partial charge in [0.25, 0.3) is 11.8 Å². The first-order valence-electron chi connectivity index (χ1n) is 11.0. The van der Waals surface area contributed by atoms with Crippen LogP contribution in [0.4, 0.5) is 8.78 Å². The lowest BCUT2D eigenvalue weighted by Crippen LogP contribution is -2.34. The van der Waals surface area contributed by atoms with Gasteiger partial charge in [-0.15, -0.1) is 0 Å². The summed E-state index contributed by atoms with van der Waals surface area (Å²) in [7, 11) is 0. The van der Waals surface area contributed by atoms with Crippen LogP contribution in [0.5, 0.6) is 0 Å². The highest BCUT2D eigenvalue weighted by molar-refractivity contribution is 6.30. The van der Waals surface area contributed by atoms with Gasteiger partial charge in [-0.25, -0.2) is 18.3 Å². The first-order valence-corrected chi connectivity index (χ1v) is 11.4. The van der Waals surface area contributed by atoms with E-state index in [0.29, 0.717) is 24.8 Å². The number of hydrogen-bond donors (Lipinski definition) is 3. The zero-order valence-electron chi connectivity index (χ0n) is 19.1. The average molecular weight is 518 g/mol. The zero-order valence-corrected chi connectivity index (χ0v) is 19.9. The molecule has 1 atom stereocenters. The van der Waals surface area contributed by atoms with Gasteiger partial charge in [0.15, 0.2) is 22.9 Å². The third kappa shape index (κ3) is 5.06. The van der Waals surface area contributed by atoms with Crippen molar-refractivity contribution in [3.05, 3.63) is 75.7 Å². The normalized spacial score (nSPS) is 17.5. The number of nitrogens with zero attached hydrogens (tertiary/aromatic N) is 3. The second-order valence-corrected chi connectivity index (χ2v) is 9.18. The van der Waals surface area contributed by atoms with E-state index in [1.165, 1.54) is 24.4 Å². The molecule has 1 aliphatic rings. The fourth-order valence-corrected chi connectivity index (χ4v) is 4.03. The molecular weight excluding hydrogens is 496 g/mol. The number of aliphatic carboxylic acids is 1. The van der Waals surface area contributed by atoms with Crippen molar-refractivity contribution in [1.82, 2.24) is 25.2 Å². The molecule has 9 nitrogen and oxygen atoms in total. The number of carboxylic acid groups (broad SMARTS) is 1. The van der Waals surface area contributed by atoms with Crippen LogP contribution in [0.1, 0.15) is 52.7 Å². The molecule has 3 N–H and O–H groups in total. The summed E-state index contributed by atoms with van der Waals surface area (Å²) < 4.78 is 29.7. The molecule has 2 amide bonds. The van der Waals surface area contributed by atoms with Gasteiger partial charge in [-0.3, -0.25) is 14.4 Å². The average Bonchev–Trinajstić information content (AvgIpc) is 3.31. The summed E-state index contributed by atoms with van der Waals surface area (Å²) in [6, 6.07) is 5.32. The van der Waals surface area contributed by atoms with E-state index >= 15 is 4.39 Å². The van der Waals surface area contributed by atoms with Crippen LogP contribution in [-0.2, 0) is 11.3 Å². The first kappa shape index (κ1) is 25.2. The number of aromatic nitrogens is 3. The Hall–Kier alpha value is -3.86. The molecule has 2 heterocycles. The highest BCUT2D eigenvalue weighted by Crippen LogP contribution is 2.35. The van der Waals surface area contributed by atoms with E-state index < -0.39 is 46.2 Å². The number of hydrogen-bond acceptors (Lipinski definition) is 5. The molecule has 0 radical (unpaired) electrons. The Labute approximate surface area is 209 Å². The van der Waals surface area contributed by atoms with Crippen molar-refractivity contribution in [2.24, 2.45) is 5.41 Å². The third-order valence-corrected chi connectivity index (χ3v) is 6.47. The van der Waals surface area contributed by atoms with E-state index in [1.54, 1.807) is 13.0 Å². The fourth-order valence-electron chi connectivity index (χ4n) is 3.83. The lowest BCUT2D eigenvalue weighted by atomic mass is 9.76. The van der Waals surface area contributed by atoms with Crippen LogP contribution in [-0.4, -0.2) is 44.0 Å². The lowest BCUT2D eigenvalue weighted by Gasteiger charge is -2.28. The van der Waals surface area contributed by atoms with E-state index in [-0.39, 0.29) is 23.8 Å². The Kier molecular flexibility index (Phi) is 7.02. The smallest absolute Gasteiger partial charge is 0.309 e. The lowest BCUT2D eigenvalue weighted by molar-refractivity contribution is -0.148. The number of carbonyl (C=O) groups excluding carboxylic acids is 2. The molecular formula is C24H22ClF2N5O4. The standard InChI is InChI=1S/C24H22ClF2N5O4/c1-24(23(35)36)7-4-13(5-8-24)11-29-22(34)20-18(27)19(31-17-6-9-30-32(17)20)21(33)28-12-14-2-3-16(26)15(25)10-14/h2-4,6,9-10H,5,7-8,11-12H2,1H3,(H,28,33)(H,29,34)(H,35,36). The molecule has 0 aliphatic heterocycles. The number of carbonyl (C=O) groups is 3. The molecule has 2 aromatic heterocycles. The molecule has 0 saturated heterocycles. The van der Waals surface area contributed by atoms with Crippen molar-refractivity contribution in [3.8, 4) is 0 Å². The van der Waals surface area contributed by atoms with Gasteiger partial charge in [-0.2, -0.15) is 5.10 Å². The van der Waals surface area contributed by atoms with E-state index in [4.69, 9.17) is 11.6 Å². The van der Waals surface area contributed by atoms with Gasteiger partial charge in [-0.05, 0) is 43.9 Å². The van der Waals surface area contributed by atoms with Crippen LogP contribution >= 0.6 is 11.6 Å². The van der Waals surface area contributed by atoms with Crippen LogP contribution < -0.4 is 10.6 Å². The summed E-state index contributed by atoms with van der Waals surface area (Å²) >= 11 is 5.75. The Balaban J connectivity index is 1.51. The number of halogens is 3. The van der Waals surface area contributed by atoms with Crippen molar-refractivity contribution in [2.75, 3.05) is 6.54 Å². The Morgan fingerprint density at radius 1 is 1.17 bits per heavy atom. The summed E-state index contributed by atoms with van der Waals surface area (Å²) in [4.78, 5) is 41.0. The number of benzene rings is 1. The number of allylic oxidation sites excluding steroid dienone is 1. The van der Waals surface area contributed by atoms with Gasteiger partial charge in [0, 0.05) is 19.2 Å². The van der Waals surface area contributed by atoms with E-state index in [1.807, 2.05) is 0 Å². The SMILES string of the molecule is CC1(C(=O)O)CC=C(CNC(=O)c2c(F)c(C(=O)NCc3ccc(F)c(Cl)c3)nc3ccnn23)CC1. The summed E-state index contributed by atoms with van der Waals surface area (Å²) in [6.45, 7) is 1.68. The topological polar surface area (TPSA) is 126 Å². The first-order chi connectivity index (χ1) is 17.1. The number of amides is 2. The Bertz CT molecular complexity index is 1410. The maximum Gasteiger partial charge on any atom is 0.309 e. The fraction of sp³-hybridized carbons (Fsp3) is 0.292. The van der Waals surface area contributed by atoms with E-state index in [0.717, 1.165) is 16.2 Å². The predicted molar refractivity (Wildman–Crippen MR) is 126 cm³/mol. The van der Waals surface area contributed by atoms with Crippen molar-refractivity contribution >= 4 is 35.0 Å². The van der Waals surface area contributed by atoms with Crippen molar-refractivity contribution in [1.29, 1.82) is 0 Å². The summed E-state index contributed by atoms with van der Waals surface area (Å²) in [5.74, 6) is -4.34. The quantitative estimate of drug-likeness (QED) is 0.412. The minimum atomic E-state index is -1.16. The van der Waals surface area contributed by atoms with Crippen molar-refractivity contribution in [2.45, 2.75) is 32.7 Å². The summed E-state index contributed by atoms with van der Waals surface area (Å²) in [5, 5.41) is 18.3. The maximum absolute atomic E-state index is 15.4. The van der Waals surface area contributed by atoms with Crippen LogP contribution in [0.25, 0.3) is 5.65 Å². The van der Waals surface area contributed by atoms with Gasteiger partial charge in [0.05, 0.1) is 16.6 Å². The molecule has 0 saturated carbocycles. The van der Waals surface area contributed by atoms with Gasteiger partial charge in [-0.1, -0.05) is 29.3 Å². The van der Waals surface area contributed by atoms with Crippen molar-refractivity contribution < 1.29 is 28.3 Å². The molecule has 4 rings (SSSR count). The number of fused-ring (bicyclic) bond motifs is 1. The second kappa shape index (κ2) is 10.0. The molecule has 0 bridgehead atoms. The minimum absolute atomic E-state index is 0.0741. The predicted octanol–water partition coefficient (Wildman–Crippen LogP) is 3.52. The molecule has 3 aromatic rings. The molecule has 1 aromatic carbocycles. The molecule has 0 fully saturated rings. The largest absolute Gasteiger partial charge is 0.481 e. The van der Waals surface area contributed by atoms with Crippen LogP contribution in [0.15, 0.2) is 42.1 Å². The van der Waals surface area contributed by atoms with Gasteiger partial charge < -0.3 is 15.7 Å². The molecule has 0 spiro atoms. The number of rotatable bonds is 7. The molecule has 12 heteroatoms. The second-order valence-electron chi connectivity index (χ2n) is 8.77. The number of nitrogens with one attached hydrogen (secondary N) is 2. The zero-order chi connectivity index (χ0) is 26.0. The van der Waals surface area contributed by atoms with Gasteiger partial charge in [0.1, 0.15) is 5.82 Å². The Morgan fingerprint density at radius 3 is 2.58 bits per heavy atom. The third-order valence-electron chi connectivity index (χ3n) is 6.18. The highest BCUT2D eigenvalue weighted by Gasteiger charge is 2.34. The Morgan fingerprint density at radius 2 is 1.92 bits per heavy atom. The van der Waals surface area contributed by atoms with E-state index in [9.17, 15) is 23.9 Å². The minimum Gasteiger partial charge on any atom is -0.481 e. The molecule has 36 heavy (non-hydrogen) atoms. The van der Waals surface area contributed by atoms with Gasteiger partial charge >= 0.3 is 5.97 Å². The van der Waals surface area contributed by atoms with Crippen LogP contribution in [0, 0.1) is 17.0 Å². The number of carboxylic acids is 1. The highest BCUT2D eigenvalue weighted by atomic mass is 35.5. The molecule has 188 valence electrons. The van der Waals surface area contributed by atoms with Crippen LogP contribution in [0.2, 0.25) is 5.02 Å². The summed E-state index contributed by atoms with van der Waals surface area (Å²) in [5.41, 5.74) is -0.552. The van der Waals surface area contributed by atoms with Gasteiger partial charge in [0.2, 0.25) is 0 Å². The van der Waals surface area contributed by atoms with Crippen molar-refractivity contribution in [3.63, 3.8) is 0 Å². The van der Waals surface area contributed by atoms with E-state index in [2.05, 4.69) is 20.7 Å². The summed E-state index contributed by atoms with van der Waals surface area (Å²) in [6.07, 6.45) is 4.30. The molecule has 1 aliphatic carbocycles. The maximum atomic E-state index is 15.4. The monoisotopic (exact) mass is 517 g/mol. The van der Waals surface area contributed by atoms with Crippen LogP contribution in [0.3, 0.4) is 0 Å².